The molecule has 0 radical (unpaired) electrons. The molecule has 1 atom stereocenters. The zero-order chi connectivity index (χ0) is 20.2. The Morgan fingerprint density at radius 1 is 1.21 bits per heavy atom. The van der Waals surface area contributed by atoms with Crippen LogP contribution in [-0.4, -0.2) is 39.1 Å². The Bertz CT molecular complexity index is 963. The molecule has 1 N–H and O–H groups in total. The molecule has 1 aromatic carbocycles. The molecule has 0 bridgehead atoms. The summed E-state index contributed by atoms with van der Waals surface area (Å²) >= 11 is 0. The van der Waals surface area contributed by atoms with Gasteiger partial charge in [0.25, 0.3) is 5.91 Å². The molecule has 1 fully saturated rings. The number of nitrogens with zero attached hydrogens (tertiary/aromatic N) is 4. The predicted molar refractivity (Wildman–Crippen MR) is 109 cm³/mol. The molecule has 1 aliphatic heterocycles. The third-order valence-corrected chi connectivity index (χ3v) is 5.63. The van der Waals surface area contributed by atoms with Gasteiger partial charge in [-0.25, -0.2) is 0 Å². The first-order chi connectivity index (χ1) is 14.2. The van der Waals surface area contributed by atoms with Crippen molar-refractivity contribution >= 4 is 5.91 Å². The molecule has 7 heteroatoms. The van der Waals surface area contributed by atoms with Crippen LogP contribution in [-0.2, 0) is 20.0 Å². The molecule has 1 aliphatic rings. The third kappa shape index (κ3) is 4.24. The summed E-state index contributed by atoms with van der Waals surface area (Å²) in [5.41, 5.74) is 2.99. The lowest BCUT2D eigenvalue weighted by atomic mass is 9.99. The summed E-state index contributed by atoms with van der Waals surface area (Å²) in [6, 6.07) is 14.3. The number of aromatic nitrogens is 3. The van der Waals surface area contributed by atoms with E-state index in [0.29, 0.717) is 30.4 Å². The first kappa shape index (κ1) is 19.4. The van der Waals surface area contributed by atoms with Crippen molar-refractivity contribution in [3.05, 3.63) is 71.1 Å². The van der Waals surface area contributed by atoms with Crippen LogP contribution in [0.5, 0.6) is 0 Å². The van der Waals surface area contributed by atoms with Gasteiger partial charge >= 0.3 is 0 Å². The van der Waals surface area contributed by atoms with Gasteiger partial charge in [-0.15, -0.1) is 0 Å². The smallest absolute Gasteiger partial charge is 0.267 e. The van der Waals surface area contributed by atoms with Gasteiger partial charge in [-0.2, -0.15) is 4.98 Å². The van der Waals surface area contributed by atoms with Gasteiger partial charge in [-0.3, -0.25) is 9.69 Å². The highest BCUT2D eigenvalue weighted by Crippen LogP contribution is 2.32. The van der Waals surface area contributed by atoms with E-state index in [1.54, 1.807) is 7.05 Å². The summed E-state index contributed by atoms with van der Waals surface area (Å²) < 4.78 is 7.54. The molecule has 1 saturated heterocycles. The standard InChI is InChI=1S/C22H27N5O2/c1-23-22(28)19-12-11-17(26(19)2)18-10-6-7-13-27(18)15-21-24-20(25-29-21)14-16-8-4-3-5-9-16/h3-5,8-9,11-12,18H,6-7,10,13-15H2,1-2H3,(H,23,28)/t18-/m0/s1. The number of carbonyl (C=O) groups is 1. The fraction of sp³-hybridized carbons (Fsp3) is 0.409. The van der Waals surface area contributed by atoms with Crippen LogP contribution < -0.4 is 5.32 Å². The highest BCUT2D eigenvalue weighted by molar-refractivity contribution is 5.92. The predicted octanol–water partition coefficient (Wildman–Crippen LogP) is 3.09. The second kappa shape index (κ2) is 8.61. The van der Waals surface area contributed by atoms with E-state index in [0.717, 1.165) is 25.1 Å². The molecule has 2 aromatic heterocycles. The Morgan fingerprint density at radius 2 is 2.03 bits per heavy atom. The number of piperidine rings is 1. The van der Waals surface area contributed by atoms with Crippen LogP contribution in [0, 0.1) is 0 Å². The highest BCUT2D eigenvalue weighted by Gasteiger charge is 2.28. The maximum atomic E-state index is 12.1. The number of rotatable bonds is 6. The van der Waals surface area contributed by atoms with Gasteiger partial charge in [0.2, 0.25) is 5.89 Å². The molecule has 152 valence electrons. The van der Waals surface area contributed by atoms with Gasteiger partial charge in [0.05, 0.1) is 12.6 Å². The largest absolute Gasteiger partial charge is 0.354 e. The molecular formula is C22H27N5O2. The van der Waals surface area contributed by atoms with E-state index in [1.165, 1.54) is 12.0 Å². The molecule has 0 spiro atoms. The number of carbonyl (C=O) groups excluding carboxylic acids is 1. The van der Waals surface area contributed by atoms with Crippen molar-refractivity contribution in [2.75, 3.05) is 13.6 Å². The molecule has 0 aliphatic carbocycles. The van der Waals surface area contributed by atoms with Gasteiger partial charge in [0.15, 0.2) is 5.82 Å². The summed E-state index contributed by atoms with van der Waals surface area (Å²) in [7, 11) is 3.61. The van der Waals surface area contributed by atoms with E-state index in [4.69, 9.17) is 4.52 Å². The van der Waals surface area contributed by atoms with Crippen molar-refractivity contribution in [3.8, 4) is 0 Å². The number of benzene rings is 1. The van der Waals surface area contributed by atoms with Crippen LogP contribution in [0.3, 0.4) is 0 Å². The Balaban J connectivity index is 1.49. The van der Waals surface area contributed by atoms with Crippen molar-refractivity contribution in [1.82, 2.24) is 24.9 Å². The molecule has 0 unspecified atom stereocenters. The van der Waals surface area contributed by atoms with Crippen LogP contribution in [0.25, 0.3) is 0 Å². The van der Waals surface area contributed by atoms with Crippen molar-refractivity contribution in [3.63, 3.8) is 0 Å². The molecule has 29 heavy (non-hydrogen) atoms. The summed E-state index contributed by atoms with van der Waals surface area (Å²) in [6.07, 6.45) is 4.04. The summed E-state index contributed by atoms with van der Waals surface area (Å²) in [6.45, 7) is 1.59. The molecule has 3 heterocycles. The van der Waals surface area contributed by atoms with E-state index in [2.05, 4.69) is 38.6 Å². The molecule has 7 nitrogen and oxygen atoms in total. The van der Waals surface area contributed by atoms with Crippen molar-refractivity contribution in [2.45, 2.75) is 38.3 Å². The van der Waals surface area contributed by atoms with Gasteiger partial charge in [-0.05, 0) is 37.1 Å². The van der Waals surface area contributed by atoms with Crippen molar-refractivity contribution in [1.29, 1.82) is 0 Å². The Hall–Kier alpha value is -2.93. The Labute approximate surface area is 170 Å². The van der Waals surface area contributed by atoms with Crippen LogP contribution >= 0.6 is 0 Å². The quantitative estimate of drug-likeness (QED) is 0.696. The minimum atomic E-state index is -0.0661. The van der Waals surface area contributed by atoms with Crippen LogP contribution in [0.1, 0.15) is 58.8 Å². The zero-order valence-electron chi connectivity index (χ0n) is 17.0. The minimum absolute atomic E-state index is 0.0661. The van der Waals surface area contributed by atoms with E-state index in [-0.39, 0.29) is 11.9 Å². The topological polar surface area (TPSA) is 76.2 Å². The number of hydrogen-bond donors (Lipinski definition) is 1. The second-order valence-corrected chi connectivity index (χ2v) is 7.53. The second-order valence-electron chi connectivity index (χ2n) is 7.53. The molecular weight excluding hydrogens is 366 g/mol. The molecule has 1 amide bonds. The Morgan fingerprint density at radius 3 is 2.83 bits per heavy atom. The maximum Gasteiger partial charge on any atom is 0.267 e. The first-order valence-electron chi connectivity index (χ1n) is 10.1. The van der Waals surface area contributed by atoms with E-state index in [9.17, 15) is 4.79 Å². The highest BCUT2D eigenvalue weighted by atomic mass is 16.5. The van der Waals surface area contributed by atoms with E-state index in [1.807, 2.05) is 35.9 Å². The zero-order valence-corrected chi connectivity index (χ0v) is 17.0. The molecule has 3 aromatic rings. The van der Waals surface area contributed by atoms with Crippen LogP contribution in [0.2, 0.25) is 0 Å². The van der Waals surface area contributed by atoms with Crippen molar-refractivity contribution in [2.24, 2.45) is 7.05 Å². The van der Waals surface area contributed by atoms with E-state index < -0.39 is 0 Å². The fourth-order valence-corrected chi connectivity index (χ4v) is 4.11. The third-order valence-electron chi connectivity index (χ3n) is 5.63. The lowest BCUT2D eigenvalue weighted by Gasteiger charge is -2.35. The Kier molecular flexibility index (Phi) is 5.76. The van der Waals surface area contributed by atoms with E-state index >= 15 is 0 Å². The average Bonchev–Trinajstić information content (AvgIpc) is 3.35. The molecule has 0 saturated carbocycles. The van der Waals surface area contributed by atoms with Crippen LogP contribution in [0.4, 0.5) is 0 Å². The van der Waals surface area contributed by atoms with Crippen LogP contribution in [0.15, 0.2) is 47.0 Å². The fourth-order valence-electron chi connectivity index (χ4n) is 4.11. The summed E-state index contributed by atoms with van der Waals surface area (Å²) in [4.78, 5) is 19.1. The van der Waals surface area contributed by atoms with Gasteiger partial charge < -0.3 is 14.4 Å². The monoisotopic (exact) mass is 393 g/mol. The van der Waals surface area contributed by atoms with Crippen molar-refractivity contribution < 1.29 is 9.32 Å². The maximum absolute atomic E-state index is 12.1. The molecule has 4 rings (SSSR count). The number of amides is 1. The number of likely N-dealkylation sites (tertiary alicyclic amines) is 1. The summed E-state index contributed by atoms with van der Waals surface area (Å²) in [5, 5.41) is 6.87. The SMILES string of the molecule is CNC(=O)c1ccc([C@@H]2CCCCN2Cc2nc(Cc3ccccc3)no2)n1C. The lowest BCUT2D eigenvalue weighted by Crippen LogP contribution is -2.34. The normalized spacial score (nSPS) is 17.4. The lowest BCUT2D eigenvalue weighted by molar-refractivity contribution is 0.0950. The van der Waals surface area contributed by atoms with Gasteiger partial charge in [0, 0.05) is 26.2 Å². The average molecular weight is 393 g/mol. The van der Waals surface area contributed by atoms with Gasteiger partial charge in [-0.1, -0.05) is 41.9 Å². The van der Waals surface area contributed by atoms with Gasteiger partial charge in [0.1, 0.15) is 5.69 Å². The summed E-state index contributed by atoms with van der Waals surface area (Å²) in [5.74, 6) is 1.28. The number of nitrogens with one attached hydrogen (secondary N) is 1. The number of hydrogen-bond acceptors (Lipinski definition) is 5. The first-order valence-corrected chi connectivity index (χ1v) is 10.1. The minimum Gasteiger partial charge on any atom is -0.354 e.